The molecule has 6 heteroatoms. The van der Waals surface area contributed by atoms with Crippen LogP contribution in [0.2, 0.25) is 0 Å². The lowest BCUT2D eigenvalue weighted by molar-refractivity contribution is 0.297. The van der Waals surface area contributed by atoms with Crippen LogP contribution >= 0.6 is 24.0 Å². The van der Waals surface area contributed by atoms with Gasteiger partial charge < -0.3 is 20.5 Å². The molecule has 2 rings (SSSR count). The van der Waals surface area contributed by atoms with Crippen molar-refractivity contribution in [3.05, 3.63) is 18.2 Å². The molecule has 0 aromatic heterocycles. The van der Waals surface area contributed by atoms with Crippen molar-refractivity contribution >= 4 is 35.6 Å². The van der Waals surface area contributed by atoms with Gasteiger partial charge in [-0.3, -0.25) is 4.99 Å². The third-order valence-corrected chi connectivity index (χ3v) is 3.01. The van der Waals surface area contributed by atoms with Crippen LogP contribution in [0.15, 0.2) is 23.2 Å². The van der Waals surface area contributed by atoms with Gasteiger partial charge in [0.15, 0.2) is 17.5 Å². The molecular weight excluding hydrogens is 381 g/mol. The van der Waals surface area contributed by atoms with Crippen molar-refractivity contribution in [1.29, 1.82) is 0 Å². The molecule has 3 N–H and O–H groups in total. The Kier molecular flexibility index (Phi) is 7.63. The minimum atomic E-state index is 0. The van der Waals surface area contributed by atoms with Gasteiger partial charge in [-0.2, -0.15) is 0 Å². The summed E-state index contributed by atoms with van der Waals surface area (Å²) in [4.78, 5) is 4.30. The zero-order chi connectivity index (χ0) is 14.4. The molecule has 0 radical (unpaired) electrons. The van der Waals surface area contributed by atoms with Gasteiger partial charge in [-0.25, -0.2) is 0 Å². The first kappa shape index (κ1) is 17.9. The number of hydrogen-bond donors (Lipinski definition) is 2. The third kappa shape index (κ3) is 5.99. The molecule has 118 valence electrons. The van der Waals surface area contributed by atoms with Gasteiger partial charge in [0, 0.05) is 24.7 Å². The molecule has 0 amide bonds. The zero-order valence-electron chi connectivity index (χ0n) is 12.6. The minimum absolute atomic E-state index is 0. The summed E-state index contributed by atoms with van der Waals surface area (Å²) >= 11 is 0. The second-order valence-corrected chi connectivity index (χ2v) is 5.29. The Morgan fingerprint density at radius 2 is 2.00 bits per heavy atom. The highest BCUT2D eigenvalue weighted by atomic mass is 127. The van der Waals surface area contributed by atoms with E-state index in [1.807, 2.05) is 18.2 Å². The van der Waals surface area contributed by atoms with Gasteiger partial charge >= 0.3 is 0 Å². The van der Waals surface area contributed by atoms with E-state index in [1.54, 1.807) is 0 Å². The fourth-order valence-corrected chi connectivity index (χ4v) is 1.87. The predicted octanol–water partition coefficient (Wildman–Crippen LogP) is 3.24. The Balaban J connectivity index is 0.00000220. The molecular formula is C15H24IN3O2. The lowest BCUT2D eigenvalue weighted by Gasteiger charge is -2.11. The summed E-state index contributed by atoms with van der Waals surface area (Å²) in [5.41, 5.74) is 6.73. The molecule has 0 unspecified atom stereocenters. The van der Waals surface area contributed by atoms with Crippen LogP contribution < -0.4 is 20.5 Å². The van der Waals surface area contributed by atoms with Gasteiger partial charge in [0.2, 0.25) is 0 Å². The summed E-state index contributed by atoms with van der Waals surface area (Å²) in [7, 11) is 0. The molecule has 21 heavy (non-hydrogen) atoms. The number of benzene rings is 1. The molecule has 1 aromatic carbocycles. The predicted molar refractivity (Wildman–Crippen MR) is 97.0 cm³/mol. The molecule has 0 spiro atoms. The normalized spacial score (nSPS) is 14.3. The summed E-state index contributed by atoms with van der Waals surface area (Å²) in [6.45, 7) is 6.44. The van der Waals surface area contributed by atoms with E-state index < -0.39 is 0 Å². The number of hydrogen-bond acceptors (Lipinski definition) is 3. The van der Waals surface area contributed by atoms with E-state index in [9.17, 15) is 0 Å². The van der Waals surface area contributed by atoms with E-state index >= 15 is 0 Å². The van der Waals surface area contributed by atoms with Crippen LogP contribution in [0.1, 0.15) is 26.7 Å². The van der Waals surface area contributed by atoms with Crippen LogP contribution in [0.4, 0.5) is 5.69 Å². The molecule has 5 nitrogen and oxygen atoms in total. The summed E-state index contributed by atoms with van der Waals surface area (Å²) < 4.78 is 11.2. The standard InChI is InChI=1S/C15H23N3O2.HI/c1-11(2)6-7-17-15(16)18-12-4-5-13-14(10-12)20-9-3-8-19-13;/h4-5,10-11H,3,6-9H2,1-2H3,(H3,16,17,18);1H. The van der Waals surface area contributed by atoms with Crippen LogP contribution in [0, 0.1) is 5.92 Å². The maximum Gasteiger partial charge on any atom is 0.193 e. The van der Waals surface area contributed by atoms with Gasteiger partial charge in [-0.1, -0.05) is 13.8 Å². The fourth-order valence-electron chi connectivity index (χ4n) is 1.87. The quantitative estimate of drug-likeness (QED) is 0.459. The van der Waals surface area contributed by atoms with Crippen molar-refractivity contribution in [2.24, 2.45) is 16.6 Å². The van der Waals surface area contributed by atoms with Crippen molar-refractivity contribution in [2.75, 3.05) is 25.1 Å². The van der Waals surface area contributed by atoms with Gasteiger partial charge in [0.05, 0.1) is 13.2 Å². The number of aliphatic imine (C=N–C) groups is 1. The van der Waals surface area contributed by atoms with Crippen molar-refractivity contribution in [1.82, 2.24) is 0 Å². The number of anilines is 1. The lowest BCUT2D eigenvalue weighted by Crippen LogP contribution is -2.23. The van der Waals surface area contributed by atoms with Crippen molar-refractivity contribution in [3.8, 4) is 11.5 Å². The van der Waals surface area contributed by atoms with Crippen LogP contribution in [-0.4, -0.2) is 25.7 Å². The third-order valence-electron chi connectivity index (χ3n) is 3.01. The Labute approximate surface area is 143 Å². The van der Waals surface area contributed by atoms with E-state index in [0.717, 1.165) is 36.6 Å². The molecule has 1 heterocycles. The van der Waals surface area contributed by atoms with E-state index in [4.69, 9.17) is 15.2 Å². The Morgan fingerprint density at radius 3 is 2.71 bits per heavy atom. The first-order chi connectivity index (χ1) is 9.65. The average Bonchev–Trinajstić information content (AvgIpc) is 2.62. The maximum atomic E-state index is 5.87. The van der Waals surface area contributed by atoms with Gasteiger partial charge in [-0.05, 0) is 24.5 Å². The summed E-state index contributed by atoms with van der Waals surface area (Å²) in [6.07, 6.45) is 1.93. The highest BCUT2D eigenvalue weighted by Crippen LogP contribution is 2.32. The lowest BCUT2D eigenvalue weighted by atomic mass is 10.1. The fraction of sp³-hybridized carbons (Fsp3) is 0.533. The van der Waals surface area contributed by atoms with E-state index in [-0.39, 0.29) is 24.0 Å². The Bertz CT molecular complexity index is 478. The van der Waals surface area contributed by atoms with Crippen LogP contribution in [0.25, 0.3) is 0 Å². The molecule has 0 fully saturated rings. The monoisotopic (exact) mass is 405 g/mol. The second-order valence-electron chi connectivity index (χ2n) is 5.29. The first-order valence-corrected chi connectivity index (χ1v) is 7.12. The molecule has 0 bridgehead atoms. The highest BCUT2D eigenvalue weighted by molar-refractivity contribution is 14.0. The molecule has 1 aliphatic rings. The number of rotatable bonds is 4. The maximum absolute atomic E-state index is 5.87. The molecule has 1 aliphatic heterocycles. The summed E-state index contributed by atoms with van der Waals surface area (Å²) in [5.74, 6) is 2.59. The number of fused-ring (bicyclic) bond motifs is 1. The minimum Gasteiger partial charge on any atom is -0.490 e. The van der Waals surface area contributed by atoms with Crippen molar-refractivity contribution in [2.45, 2.75) is 26.7 Å². The SMILES string of the molecule is CC(C)CCN=C(N)Nc1ccc2c(c1)OCCCO2.I. The average molecular weight is 405 g/mol. The molecule has 0 atom stereocenters. The van der Waals surface area contributed by atoms with E-state index in [1.165, 1.54) is 0 Å². The zero-order valence-corrected chi connectivity index (χ0v) is 14.9. The topological polar surface area (TPSA) is 68.9 Å². The number of guanidine groups is 1. The van der Waals surface area contributed by atoms with Gasteiger partial charge in [-0.15, -0.1) is 24.0 Å². The molecule has 0 aliphatic carbocycles. The van der Waals surface area contributed by atoms with Crippen molar-refractivity contribution < 1.29 is 9.47 Å². The number of nitrogens with zero attached hydrogens (tertiary/aromatic N) is 1. The number of ether oxygens (including phenoxy) is 2. The second kappa shape index (κ2) is 8.96. The van der Waals surface area contributed by atoms with Crippen LogP contribution in [0.5, 0.6) is 11.5 Å². The largest absolute Gasteiger partial charge is 0.490 e. The van der Waals surface area contributed by atoms with E-state index in [2.05, 4.69) is 24.2 Å². The summed E-state index contributed by atoms with van der Waals surface area (Å²) in [5, 5.41) is 3.08. The summed E-state index contributed by atoms with van der Waals surface area (Å²) in [6, 6.07) is 5.70. The van der Waals surface area contributed by atoms with Gasteiger partial charge in [0.25, 0.3) is 0 Å². The molecule has 0 saturated heterocycles. The van der Waals surface area contributed by atoms with Crippen LogP contribution in [-0.2, 0) is 0 Å². The van der Waals surface area contributed by atoms with E-state index in [0.29, 0.717) is 25.1 Å². The molecule has 0 saturated carbocycles. The first-order valence-electron chi connectivity index (χ1n) is 7.12. The molecule has 1 aromatic rings. The smallest absolute Gasteiger partial charge is 0.193 e. The number of nitrogens with two attached hydrogens (primary N) is 1. The number of nitrogens with one attached hydrogen (secondary N) is 1. The van der Waals surface area contributed by atoms with Crippen molar-refractivity contribution in [3.63, 3.8) is 0 Å². The Morgan fingerprint density at radius 1 is 1.29 bits per heavy atom. The Hall–Kier alpha value is -1.18. The highest BCUT2D eigenvalue weighted by Gasteiger charge is 2.10. The number of halogens is 1. The van der Waals surface area contributed by atoms with Crippen LogP contribution in [0.3, 0.4) is 0 Å². The van der Waals surface area contributed by atoms with Gasteiger partial charge in [0.1, 0.15) is 0 Å².